The minimum absolute atomic E-state index is 0.00523. The van der Waals surface area contributed by atoms with Gasteiger partial charge in [0.2, 0.25) is 5.82 Å². The van der Waals surface area contributed by atoms with E-state index in [0.29, 0.717) is 22.9 Å². The lowest BCUT2D eigenvalue weighted by molar-refractivity contribution is -0.245. The average molecular weight is 593 g/mol. The van der Waals surface area contributed by atoms with Crippen LogP contribution in [0.2, 0.25) is 0 Å². The Labute approximate surface area is 233 Å². The van der Waals surface area contributed by atoms with Crippen LogP contribution in [-0.4, -0.2) is 38.1 Å². The smallest absolute Gasteiger partial charge is 0.261 e. The van der Waals surface area contributed by atoms with Gasteiger partial charge in [0, 0.05) is 23.4 Å². The average Bonchev–Trinajstić information content (AvgIpc) is 3.52. The molecule has 3 N–H and O–H groups in total. The Morgan fingerprint density at radius 2 is 1.68 bits per heavy atom. The lowest BCUT2D eigenvalue weighted by Crippen LogP contribution is -2.31. The Bertz CT molecular complexity index is 1510. The first-order valence-electron chi connectivity index (χ1n) is 12.2. The molecule has 1 amide bonds. The van der Waals surface area contributed by atoms with Crippen LogP contribution in [0.15, 0.2) is 60.0 Å². The lowest BCUT2D eigenvalue weighted by atomic mass is 10.0. The van der Waals surface area contributed by atoms with Gasteiger partial charge in [0.05, 0.1) is 18.8 Å². The van der Waals surface area contributed by atoms with Crippen molar-refractivity contribution in [3.63, 3.8) is 0 Å². The van der Waals surface area contributed by atoms with Gasteiger partial charge >= 0.3 is 0 Å². The fraction of sp³-hybridized carbons (Fsp3) is 0.222. The number of aliphatic hydroxyl groups is 1. The van der Waals surface area contributed by atoms with Crippen LogP contribution in [0.3, 0.4) is 0 Å². The second-order valence-electron chi connectivity index (χ2n) is 8.98. The summed E-state index contributed by atoms with van der Waals surface area (Å²) in [4.78, 5) is 16.6. The number of hydrogen-bond donors (Lipinski definition) is 3. The number of aliphatic hydroxyl groups excluding tert-OH is 1. The van der Waals surface area contributed by atoms with Gasteiger partial charge in [0.1, 0.15) is 11.9 Å². The minimum Gasteiger partial charge on any atom is -0.392 e. The lowest BCUT2D eigenvalue weighted by Gasteiger charge is -2.36. The van der Waals surface area contributed by atoms with E-state index in [9.17, 15) is 31.9 Å². The second kappa shape index (κ2) is 12.3. The van der Waals surface area contributed by atoms with Crippen LogP contribution < -0.4 is 5.32 Å². The number of carbonyl (C=O) groups is 1. The standard InChI is InChI=1S/C27H21F5N4O4S/c28-20-19(21(29)23(31)24(32)22(20)30)25(38)35-16-3-1-2-15(8-16)26-39-17(11-41-27-33-12-34-36-27)9-18(40-26)14-6-4-13(10-37)5-7-14/h1-8,12,17-18,26,37H,9-11H2,(H,35,38)(H,33,34,36)/t17-,18+,26+/m0/s1. The number of amides is 1. The molecule has 1 saturated heterocycles. The van der Waals surface area contributed by atoms with Gasteiger partial charge in [-0.2, -0.15) is 5.10 Å². The summed E-state index contributed by atoms with van der Waals surface area (Å²) in [6.07, 6.45) is 0.157. The van der Waals surface area contributed by atoms with Crippen LogP contribution in [0.1, 0.15) is 45.9 Å². The molecule has 8 nitrogen and oxygen atoms in total. The van der Waals surface area contributed by atoms with Gasteiger partial charge in [-0.05, 0) is 23.3 Å². The molecular formula is C27H21F5N4O4S. The predicted molar refractivity (Wildman–Crippen MR) is 136 cm³/mol. The van der Waals surface area contributed by atoms with Crippen LogP contribution in [0, 0.1) is 29.1 Å². The largest absolute Gasteiger partial charge is 0.392 e. The predicted octanol–water partition coefficient (Wildman–Crippen LogP) is 5.58. The first-order valence-corrected chi connectivity index (χ1v) is 13.1. The van der Waals surface area contributed by atoms with Gasteiger partial charge in [0.15, 0.2) is 34.7 Å². The highest BCUT2D eigenvalue weighted by atomic mass is 32.2. The van der Waals surface area contributed by atoms with Gasteiger partial charge in [-0.3, -0.25) is 9.89 Å². The summed E-state index contributed by atoms with van der Waals surface area (Å²) in [5.74, 6) is -12.3. The normalized spacial score (nSPS) is 18.8. The fourth-order valence-electron chi connectivity index (χ4n) is 4.22. The molecule has 0 saturated carbocycles. The zero-order valence-corrected chi connectivity index (χ0v) is 21.7. The van der Waals surface area contributed by atoms with Crippen LogP contribution in [-0.2, 0) is 16.1 Å². The van der Waals surface area contributed by atoms with Gasteiger partial charge in [0.25, 0.3) is 5.91 Å². The Morgan fingerprint density at radius 1 is 0.976 bits per heavy atom. The number of H-pyrrole nitrogens is 1. The summed E-state index contributed by atoms with van der Waals surface area (Å²) in [5, 5.41) is 18.7. The van der Waals surface area contributed by atoms with Crippen molar-refractivity contribution in [1.29, 1.82) is 0 Å². The highest BCUT2D eigenvalue weighted by Crippen LogP contribution is 2.39. The first-order chi connectivity index (χ1) is 19.7. The van der Waals surface area contributed by atoms with Gasteiger partial charge in [-0.15, -0.1) is 0 Å². The van der Waals surface area contributed by atoms with Crippen LogP contribution in [0.25, 0.3) is 0 Å². The molecular weight excluding hydrogens is 571 g/mol. The minimum atomic E-state index is -2.36. The molecule has 41 heavy (non-hydrogen) atoms. The summed E-state index contributed by atoms with van der Waals surface area (Å²) >= 11 is 1.39. The molecule has 14 heteroatoms. The topological polar surface area (TPSA) is 109 Å². The van der Waals surface area contributed by atoms with E-state index < -0.39 is 53.0 Å². The van der Waals surface area contributed by atoms with Crippen LogP contribution in [0.4, 0.5) is 27.6 Å². The third kappa shape index (κ3) is 6.25. The monoisotopic (exact) mass is 592 g/mol. The second-order valence-corrected chi connectivity index (χ2v) is 9.98. The van der Waals surface area contributed by atoms with E-state index in [-0.39, 0.29) is 18.4 Å². The summed E-state index contributed by atoms with van der Waals surface area (Å²) in [7, 11) is 0. The number of aromatic amines is 1. The van der Waals surface area contributed by atoms with Crippen molar-refractivity contribution in [2.45, 2.75) is 36.7 Å². The Morgan fingerprint density at radius 3 is 2.34 bits per heavy atom. The number of carbonyl (C=O) groups excluding carboxylic acids is 1. The molecule has 1 aromatic heterocycles. The van der Waals surface area contributed by atoms with E-state index in [4.69, 9.17) is 9.47 Å². The van der Waals surface area contributed by atoms with E-state index in [1.54, 1.807) is 18.2 Å². The fourth-order valence-corrected chi connectivity index (χ4v) is 5.02. The van der Waals surface area contributed by atoms with Crippen molar-refractivity contribution in [1.82, 2.24) is 15.2 Å². The van der Waals surface area contributed by atoms with Crippen molar-refractivity contribution in [2.75, 3.05) is 11.1 Å². The molecule has 1 aliphatic heterocycles. The molecule has 3 aromatic carbocycles. The number of ether oxygens (including phenoxy) is 2. The molecule has 3 atom stereocenters. The van der Waals surface area contributed by atoms with Crippen LogP contribution >= 0.6 is 11.8 Å². The molecule has 1 fully saturated rings. The van der Waals surface area contributed by atoms with E-state index >= 15 is 0 Å². The van der Waals surface area contributed by atoms with Crippen molar-refractivity contribution >= 4 is 23.4 Å². The maximum Gasteiger partial charge on any atom is 0.261 e. The number of aromatic nitrogens is 3. The molecule has 214 valence electrons. The number of nitrogens with zero attached hydrogens (tertiary/aromatic N) is 2. The number of halogens is 5. The molecule has 0 aliphatic carbocycles. The Hall–Kier alpha value is -3.85. The third-order valence-electron chi connectivity index (χ3n) is 6.27. The molecule has 0 spiro atoms. The zero-order chi connectivity index (χ0) is 29.1. The molecule has 0 bridgehead atoms. The molecule has 5 rings (SSSR count). The van der Waals surface area contributed by atoms with Crippen molar-refractivity contribution in [2.24, 2.45) is 0 Å². The molecule has 1 aliphatic rings. The first kappa shape index (κ1) is 28.7. The molecule has 0 unspecified atom stereocenters. The number of nitrogens with one attached hydrogen (secondary N) is 2. The van der Waals surface area contributed by atoms with E-state index in [1.165, 1.54) is 36.3 Å². The Kier molecular flexibility index (Phi) is 8.63. The zero-order valence-electron chi connectivity index (χ0n) is 20.9. The number of anilines is 1. The van der Waals surface area contributed by atoms with Gasteiger partial charge < -0.3 is 19.9 Å². The molecule has 2 heterocycles. The van der Waals surface area contributed by atoms with Crippen molar-refractivity contribution in [3.05, 3.63) is 106 Å². The summed E-state index contributed by atoms with van der Waals surface area (Å²) in [5.41, 5.74) is 0.387. The summed E-state index contributed by atoms with van der Waals surface area (Å²) in [6, 6.07) is 13.1. The number of rotatable bonds is 8. The van der Waals surface area contributed by atoms with Crippen molar-refractivity contribution < 1.29 is 41.3 Å². The maximum absolute atomic E-state index is 14.1. The number of thioether (sulfide) groups is 1. The van der Waals surface area contributed by atoms with Gasteiger partial charge in [-0.1, -0.05) is 48.2 Å². The van der Waals surface area contributed by atoms with Crippen LogP contribution in [0.5, 0.6) is 0 Å². The summed E-state index contributed by atoms with van der Waals surface area (Å²) < 4.78 is 81.3. The van der Waals surface area contributed by atoms with E-state index in [1.807, 2.05) is 12.1 Å². The number of hydrogen-bond acceptors (Lipinski definition) is 7. The maximum atomic E-state index is 14.1. The quantitative estimate of drug-likeness (QED) is 0.106. The van der Waals surface area contributed by atoms with Crippen molar-refractivity contribution in [3.8, 4) is 0 Å². The Balaban J connectivity index is 1.38. The molecule has 4 aromatic rings. The highest BCUT2D eigenvalue weighted by Gasteiger charge is 2.33. The van der Waals surface area contributed by atoms with Gasteiger partial charge in [-0.25, -0.2) is 26.9 Å². The highest BCUT2D eigenvalue weighted by molar-refractivity contribution is 7.99. The van der Waals surface area contributed by atoms with E-state index in [0.717, 1.165) is 11.1 Å². The third-order valence-corrected chi connectivity index (χ3v) is 7.28. The summed E-state index contributed by atoms with van der Waals surface area (Å²) in [6.45, 7) is -0.114. The molecule has 0 radical (unpaired) electrons. The SMILES string of the molecule is O=C(Nc1cccc([C@@H]2O[C@H](CSc3ncn[nH]3)C[C@H](c3ccc(CO)cc3)O2)c1)c1c(F)c(F)c(F)c(F)c1F. The van der Waals surface area contributed by atoms with E-state index in [2.05, 4.69) is 20.5 Å². The number of benzene rings is 3.